The van der Waals surface area contributed by atoms with Crippen LogP contribution in [0.5, 0.6) is 0 Å². The Morgan fingerprint density at radius 1 is 1.27 bits per heavy atom. The molecule has 88 valence electrons. The first-order chi connectivity index (χ1) is 7.40. The second-order valence-electron chi connectivity index (χ2n) is 5.24. The summed E-state index contributed by atoms with van der Waals surface area (Å²) in [7, 11) is 0. The molecule has 1 heterocycles. The fraction of sp³-hybridized carbons (Fsp3) is 1.00. The van der Waals surface area contributed by atoms with Crippen LogP contribution in [0, 0.1) is 5.92 Å². The molecule has 1 unspecified atom stereocenters. The minimum Gasteiger partial charge on any atom is -0.312 e. The third-order valence-electron chi connectivity index (χ3n) is 3.82. The molecule has 2 heteroatoms. The highest BCUT2D eigenvalue weighted by atomic mass is 15.2. The summed E-state index contributed by atoms with van der Waals surface area (Å²) >= 11 is 0. The molecule has 1 aliphatic carbocycles. The van der Waals surface area contributed by atoms with Crippen LogP contribution in [0.2, 0.25) is 0 Å². The summed E-state index contributed by atoms with van der Waals surface area (Å²) in [5.41, 5.74) is 0. The Balaban J connectivity index is 1.57. The topological polar surface area (TPSA) is 15.3 Å². The Morgan fingerprint density at radius 2 is 2.00 bits per heavy atom. The molecule has 0 aromatic rings. The minimum absolute atomic E-state index is 0.831. The van der Waals surface area contributed by atoms with Crippen molar-refractivity contribution in [2.45, 2.75) is 51.5 Å². The van der Waals surface area contributed by atoms with Gasteiger partial charge < -0.3 is 10.2 Å². The molecule has 0 spiro atoms. The van der Waals surface area contributed by atoms with Gasteiger partial charge in [-0.25, -0.2) is 0 Å². The van der Waals surface area contributed by atoms with E-state index in [1.807, 2.05) is 0 Å². The van der Waals surface area contributed by atoms with Crippen molar-refractivity contribution in [1.29, 1.82) is 0 Å². The van der Waals surface area contributed by atoms with E-state index in [-0.39, 0.29) is 0 Å². The Kier molecular flexibility index (Phi) is 4.45. The second-order valence-corrected chi connectivity index (χ2v) is 5.24. The first-order valence-electron chi connectivity index (χ1n) is 6.86. The fourth-order valence-electron chi connectivity index (χ4n) is 2.73. The third-order valence-corrected chi connectivity index (χ3v) is 3.82. The average molecular weight is 210 g/mol. The van der Waals surface area contributed by atoms with E-state index in [1.54, 1.807) is 0 Å². The molecule has 1 aliphatic heterocycles. The summed E-state index contributed by atoms with van der Waals surface area (Å²) < 4.78 is 0. The maximum atomic E-state index is 3.77. The largest absolute Gasteiger partial charge is 0.312 e. The van der Waals surface area contributed by atoms with Gasteiger partial charge in [0.1, 0.15) is 0 Å². The first kappa shape index (κ1) is 11.4. The van der Waals surface area contributed by atoms with Gasteiger partial charge in [0.15, 0.2) is 0 Å². The highest BCUT2D eigenvalue weighted by molar-refractivity contribution is 4.86. The summed E-state index contributed by atoms with van der Waals surface area (Å²) in [6.07, 6.45) is 8.49. The smallest absolute Gasteiger partial charge is 0.0107 e. The quantitative estimate of drug-likeness (QED) is 0.693. The van der Waals surface area contributed by atoms with Crippen molar-refractivity contribution in [3.63, 3.8) is 0 Å². The predicted octanol–water partition coefficient (Wildman–Crippen LogP) is 2.25. The number of hydrogen-bond acceptors (Lipinski definition) is 2. The molecular formula is C13H26N2. The van der Waals surface area contributed by atoms with E-state index in [0.717, 1.165) is 12.0 Å². The molecule has 2 nitrogen and oxygen atoms in total. The molecule has 1 saturated heterocycles. The molecule has 2 rings (SSSR count). The number of likely N-dealkylation sites (tertiary alicyclic amines) is 1. The van der Waals surface area contributed by atoms with Gasteiger partial charge in [0, 0.05) is 19.1 Å². The van der Waals surface area contributed by atoms with Gasteiger partial charge >= 0.3 is 0 Å². The summed E-state index contributed by atoms with van der Waals surface area (Å²) in [4.78, 5) is 2.60. The van der Waals surface area contributed by atoms with Crippen LogP contribution < -0.4 is 5.32 Å². The maximum absolute atomic E-state index is 3.77. The van der Waals surface area contributed by atoms with E-state index in [2.05, 4.69) is 17.1 Å². The Bertz CT molecular complexity index is 171. The van der Waals surface area contributed by atoms with Crippen LogP contribution in [0.4, 0.5) is 0 Å². The van der Waals surface area contributed by atoms with Crippen LogP contribution in [-0.2, 0) is 0 Å². The lowest BCUT2D eigenvalue weighted by Gasteiger charge is -2.20. The van der Waals surface area contributed by atoms with Crippen molar-refractivity contribution in [2.75, 3.05) is 26.2 Å². The van der Waals surface area contributed by atoms with Gasteiger partial charge in [-0.2, -0.15) is 0 Å². The van der Waals surface area contributed by atoms with Gasteiger partial charge in [-0.1, -0.05) is 13.3 Å². The maximum Gasteiger partial charge on any atom is 0.0107 e. The number of rotatable bonds is 7. The molecule has 0 radical (unpaired) electrons. The van der Waals surface area contributed by atoms with Crippen molar-refractivity contribution in [2.24, 2.45) is 5.92 Å². The molecule has 1 N–H and O–H groups in total. The number of hydrogen-bond donors (Lipinski definition) is 1. The van der Waals surface area contributed by atoms with Gasteiger partial charge in [-0.15, -0.1) is 0 Å². The Morgan fingerprint density at radius 3 is 2.60 bits per heavy atom. The van der Waals surface area contributed by atoms with Crippen LogP contribution >= 0.6 is 0 Å². The molecule has 15 heavy (non-hydrogen) atoms. The van der Waals surface area contributed by atoms with Crippen LogP contribution in [0.15, 0.2) is 0 Å². The molecule has 0 bridgehead atoms. The predicted molar refractivity (Wildman–Crippen MR) is 65.1 cm³/mol. The summed E-state index contributed by atoms with van der Waals surface area (Å²) in [6, 6.07) is 0.831. The van der Waals surface area contributed by atoms with E-state index in [1.165, 1.54) is 64.7 Å². The van der Waals surface area contributed by atoms with E-state index in [0.29, 0.717) is 0 Å². The normalized spacial score (nSPS) is 24.6. The molecule has 0 amide bonds. The summed E-state index contributed by atoms with van der Waals surface area (Å²) in [5.74, 6) is 1.02. The second kappa shape index (κ2) is 5.86. The zero-order valence-corrected chi connectivity index (χ0v) is 10.2. The lowest BCUT2D eigenvalue weighted by atomic mass is 10.1. The molecule has 0 aromatic heterocycles. The van der Waals surface area contributed by atoms with Crippen molar-refractivity contribution in [1.82, 2.24) is 10.2 Å². The van der Waals surface area contributed by atoms with Crippen LogP contribution in [-0.4, -0.2) is 37.1 Å². The zero-order chi connectivity index (χ0) is 10.5. The van der Waals surface area contributed by atoms with Crippen LogP contribution in [0.3, 0.4) is 0 Å². The average Bonchev–Trinajstić information content (AvgIpc) is 2.96. The van der Waals surface area contributed by atoms with Crippen molar-refractivity contribution in [3.05, 3.63) is 0 Å². The first-order valence-corrected chi connectivity index (χ1v) is 6.86. The van der Waals surface area contributed by atoms with Crippen LogP contribution in [0.25, 0.3) is 0 Å². The van der Waals surface area contributed by atoms with Crippen molar-refractivity contribution < 1.29 is 0 Å². The number of nitrogens with zero attached hydrogens (tertiary/aromatic N) is 1. The number of nitrogens with one attached hydrogen (secondary N) is 1. The lowest BCUT2D eigenvalue weighted by molar-refractivity contribution is 0.317. The monoisotopic (exact) mass is 210 g/mol. The lowest BCUT2D eigenvalue weighted by Crippen LogP contribution is -2.37. The molecule has 2 fully saturated rings. The van der Waals surface area contributed by atoms with Gasteiger partial charge in [-0.3, -0.25) is 0 Å². The van der Waals surface area contributed by atoms with E-state index >= 15 is 0 Å². The molecule has 0 aromatic carbocycles. The van der Waals surface area contributed by atoms with Crippen molar-refractivity contribution in [3.8, 4) is 0 Å². The van der Waals surface area contributed by atoms with E-state index < -0.39 is 0 Å². The minimum atomic E-state index is 0.831. The molecular weight excluding hydrogens is 184 g/mol. The molecule has 2 aliphatic rings. The highest BCUT2D eigenvalue weighted by Gasteiger charge is 2.29. The SMILES string of the molecule is CCCC(NCCN1CCCC1)C1CC1. The molecule has 1 atom stereocenters. The van der Waals surface area contributed by atoms with E-state index in [4.69, 9.17) is 0 Å². The third kappa shape index (κ3) is 3.76. The highest BCUT2D eigenvalue weighted by Crippen LogP contribution is 2.34. The van der Waals surface area contributed by atoms with Gasteiger partial charge in [0.05, 0.1) is 0 Å². The Labute approximate surface area is 94.4 Å². The van der Waals surface area contributed by atoms with Crippen molar-refractivity contribution >= 4 is 0 Å². The fourth-order valence-corrected chi connectivity index (χ4v) is 2.73. The standard InChI is InChI=1S/C13H26N2/c1-2-5-13(12-6-7-12)14-8-11-15-9-3-4-10-15/h12-14H,2-11H2,1H3. The summed E-state index contributed by atoms with van der Waals surface area (Å²) in [5, 5.41) is 3.77. The van der Waals surface area contributed by atoms with Crippen LogP contribution in [0.1, 0.15) is 45.4 Å². The zero-order valence-electron chi connectivity index (χ0n) is 10.2. The molecule has 1 saturated carbocycles. The Hall–Kier alpha value is -0.0800. The van der Waals surface area contributed by atoms with Gasteiger partial charge in [0.2, 0.25) is 0 Å². The van der Waals surface area contributed by atoms with Gasteiger partial charge in [-0.05, 0) is 51.1 Å². The van der Waals surface area contributed by atoms with E-state index in [9.17, 15) is 0 Å². The van der Waals surface area contributed by atoms with Gasteiger partial charge in [0.25, 0.3) is 0 Å². The summed E-state index contributed by atoms with van der Waals surface area (Å²) in [6.45, 7) is 7.46.